The van der Waals surface area contributed by atoms with E-state index in [9.17, 15) is 22.8 Å². The molecule has 1 amide bonds. The van der Waals surface area contributed by atoms with E-state index in [1.807, 2.05) is 19.9 Å². The van der Waals surface area contributed by atoms with Gasteiger partial charge >= 0.3 is 6.18 Å². The Hall–Kier alpha value is -3.79. The third-order valence-corrected chi connectivity index (χ3v) is 7.65. The molecular formula is C29H29F3N4O3. The number of ether oxygens (including phenoxy) is 1. The monoisotopic (exact) mass is 538 g/mol. The summed E-state index contributed by atoms with van der Waals surface area (Å²) in [5.41, 5.74) is 2.91. The number of aromatic nitrogens is 2. The molecule has 0 radical (unpaired) electrons. The molecule has 204 valence electrons. The first-order valence-electron chi connectivity index (χ1n) is 13.0. The summed E-state index contributed by atoms with van der Waals surface area (Å²) in [6.45, 7) is 5.85. The number of benzene rings is 1. The highest BCUT2D eigenvalue weighted by Crippen LogP contribution is 2.46. The summed E-state index contributed by atoms with van der Waals surface area (Å²) < 4.78 is 44.9. The van der Waals surface area contributed by atoms with Crippen LogP contribution in [0.3, 0.4) is 0 Å². The van der Waals surface area contributed by atoms with E-state index in [4.69, 9.17) is 9.72 Å². The number of aldehydes is 1. The van der Waals surface area contributed by atoms with Crippen LogP contribution < -0.4 is 10.2 Å². The predicted octanol–water partition coefficient (Wildman–Crippen LogP) is 5.64. The molecule has 4 heterocycles. The summed E-state index contributed by atoms with van der Waals surface area (Å²) in [4.78, 5) is 35.1. The van der Waals surface area contributed by atoms with Crippen molar-refractivity contribution in [1.82, 2.24) is 9.97 Å². The van der Waals surface area contributed by atoms with Crippen LogP contribution in [0.1, 0.15) is 52.9 Å². The SMILES string of the molecule is CCN1c2ncc(-c3cc(NC(=O)c4ccnc(C(F)(F)F)c4)ccc3C)cc2C2CCOCCC2[C@@H]1C=O. The van der Waals surface area contributed by atoms with Gasteiger partial charge in [0.1, 0.15) is 17.8 Å². The Morgan fingerprint density at radius 2 is 1.95 bits per heavy atom. The number of pyridine rings is 2. The molecule has 10 heteroatoms. The summed E-state index contributed by atoms with van der Waals surface area (Å²) in [5, 5.41) is 2.70. The van der Waals surface area contributed by atoms with Crippen molar-refractivity contribution in [1.29, 1.82) is 0 Å². The smallest absolute Gasteiger partial charge is 0.381 e. The van der Waals surface area contributed by atoms with Gasteiger partial charge < -0.3 is 19.7 Å². The number of carbonyl (C=O) groups is 2. The number of likely N-dealkylation sites (N-methyl/N-ethyl adjacent to an activating group) is 1. The van der Waals surface area contributed by atoms with E-state index in [1.54, 1.807) is 18.3 Å². The third kappa shape index (κ3) is 5.25. The molecule has 0 spiro atoms. The van der Waals surface area contributed by atoms with E-state index in [-0.39, 0.29) is 23.4 Å². The van der Waals surface area contributed by atoms with Crippen LogP contribution in [0.4, 0.5) is 24.7 Å². The van der Waals surface area contributed by atoms with E-state index in [1.165, 1.54) is 6.07 Å². The van der Waals surface area contributed by atoms with Crippen molar-refractivity contribution in [3.63, 3.8) is 0 Å². The number of anilines is 2. The molecule has 3 aromatic rings. The van der Waals surface area contributed by atoms with Crippen LogP contribution in [0.15, 0.2) is 48.8 Å². The zero-order valence-corrected chi connectivity index (χ0v) is 21.7. The maximum Gasteiger partial charge on any atom is 0.433 e. The number of aryl methyl sites for hydroxylation is 1. The van der Waals surface area contributed by atoms with Crippen LogP contribution in [-0.4, -0.2) is 48.0 Å². The minimum absolute atomic E-state index is 0.128. The lowest BCUT2D eigenvalue weighted by Crippen LogP contribution is -2.48. The van der Waals surface area contributed by atoms with Crippen molar-refractivity contribution in [2.45, 2.75) is 44.8 Å². The van der Waals surface area contributed by atoms with Gasteiger partial charge in [-0.2, -0.15) is 13.2 Å². The molecule has 5 rings (SSSR count). The van der Waals surface area contributed by atoms with Crippen molar-refractivity contribution in [3.8, 4) is 11.1 Å². The summed E-state index contributed by atoms with van der Waals surface area (Å²) in [6.07, 6.45) is 0.711. The molecule has 39 heavy (non-hydrogen) atoms. The molecule has 0 saturated carbocycles. The molecule has 2 aromatic heterocycles. The van der Waals surface area contributed by atoms with Gasteiger partial charge in [-0.1, -0.05) is 6.07 Å². The maximum absolute atomic E-state index is 13.1. The Labute approximate surface area is 224 Å². The molecule has 1 fully saturated rings. The van der Waals surface area contributed by atoms with Crippen molar-refractivity contribution < 1.29 is 27.5 Å². The van der Waals surface area contributed by atoms with Gasteiger partial charge in [-0.05, 0) is 85.5 Å². The van der Waals surface area contributed by atoms with Crippen molar-refractivity contribution in [2.24, 2.45) is 5.92 Å². The van der Waals surface area contributed by atoms with Gasteiger partial charge in [0.15, 0.2) is 0 Å². The average Bonchev–Trinajstić information content (AvgIpc) is 3.19. The number of fused-ring (bicyclic) bond motifs is 3. The van der Waals surface area contributed by atoms with Crippen molar-refractivity contribution in [3.05, 3.63) is 71.2 Å². The second kappa shape index (κ2) is 10.8. The van der Waals surface area contributed by atoms with Gasteiger partial charge in [-0.15, -0.1) is 0 Å². The highest BCUT2D eigenvalue weighted by Gasteiger charge is 2.42. The highest BCUT2D eigenvalue weighted by atomic mass is 19.4. The third-order valence-electron chi connectivity index (χ3n) is 7.65. The Bertz CT molecular complexity index is 1390. The summed E-state index contributed by atoms with van der Waals surface area (Å²) in [6, 6.07) is 9.19. The normalized spacial score (nSPS) is 20.9. The van der Waals surface area contributed by atoms with Crippen LogP contribution in [0.5, 0.6) is 0 Å². The number of nitrogens with one attached hydrogen (secondary N) is 1. The zero-order chi connectivity index (χ0) is 27.7. The van der Waals surface area contributed by atoms with Crippen LogP contribution in [0, 0.1) is 12.8 Å². The fourth-order valence-corrected chi connectivity index (χ4v) is 5.72. The van der Waals surface area contributed by atoms with Crippen molar-refractivity contribution in [2.75, 3.05) is 30.0 Å². The van der Waals surface area contributed by atoms with Gasteiger partial charge in [-0.25, -0.2) is 4.98 Å². The second-order valence-electron chi connectivity index (χ2n) is 9.92. The average molecular weight is 539 g/mol. The number of carbonyl (C=O) groups excluding carboxylic acids is 2. The van der Waals surface area contributed by atoms with Gasteiger partial charge in [0.25, 0.3) is 5.91 Å². The highest BCUT2D eigenvalue weighted by molar-refractivity contribution is 6.04. The number of nitrogens with zero attached hydrogens (tertiary/aromatic N) is 3. The number of halogens is 3. The molecule has 1 aromatic carbocycles. The summed E-state index contributed by atoms with van der Waals surface area (Å²) in [7, 11) is 0. The van der Waals surface area contributed by atoms with E-state index in [0.29, 0.717) is 25.4 Å². The molecule has 1 saturated heterocycles. The fourth-order valence-electron chi connectivity index (χ4n) is 5.72. The second-order valence-corrected chi connectivity index (χ2v) is 9.92. The topological polar surface area (TPSA) is 84.4 Å². The van der Waals surface area contributed by atoms with E-state index >= 15 is 0 Å². The number of amides is 1. The molecular weight excluding hydrogens is 509 g/mol. The molecule has 3 atom stereocenters. The minimum Gasteiger partial charge on any atom is -0.381 e. The largest absolute Gasteiger partial charge is 0.433 e. The zero-order valence-electron chi connectivity index (χ0n) is 21.7. The maximum atomic E-state index is 13.1. The minimum atomic E-state index is -4.64. The first-order valence-corrected chi connectivity index (χ1v) is 13.0. The molecule has 1 N–H and O–H groups in total. The number of rotatable bonds is 5. The van der Waals surface area contributed by atoms with Crippen molar-refractivity contribution >= 4 is 23.7 Å². The van der Waals surface area contributed by atoms with E-state index in [0.717, 1.165) is 59.5 Å². The van der Waals surface area contributed by atoms with Crippen LogP contribution in [0.2, 0.25) is 0 Å². The lowest BCUT2D eigenvalue weighted by molar-refractivity contribution is -0.141. The van der Waals surface area contributed by atoms with Crippen LogP contribution in [-0.2, 0) is 15.7 Å². The lowest BCUT2D eigenvalue weighted by Gasteiger charge is -2.43. The van der Waals surface area contributed by atoms with Crippen LogP contribution in [0.25, 0.3) is 11.1 Å². The Morgan fingerprint density at radius 3 is 2.69 bits per heavy atom. The quantitative estimate of drug-likeness (QED) is 0.423. The fraction of sp³-hybridized carbons (Fsp3) is 0.379. The molecule has 0 aliphatic carbocycles. The van der Waals surface area contributed by atoms with E-state index < -0.39 is 17.8 Å². The van der Waals surface area contributed by atoms with Gasteiger partial charge in [0, 0.05) is 49.0 Å². The Balaban J connectivity index is 1.48. The van der Waals surface area contributed by atoms with Crippen LogP contribution >= 0.6 is 0 Å². The number of alkyl halides is 3. The summed E-state index contributed by atoms with van der Waals surface area (Å²) in [5.74, 6) is 0.400. The predicted molar refractivity (Wildman–Crippen MR) is 141 cm³/mol. The molecule has 2 unspecified atom stereocenters. The van der Waals surface area contributed by atoms with Gasteiger partial charge in [-0.3, -0.25) is 9.78 Å². The number of hydrogen-bond acceptors (Lipinski definition) is 6. The lowest BCUT2D eigenvalue weighted by atomic mass is 9.74. The molecule has 2 aliphatic rings. The number of hydrogen-bond donors (Lipinski definition) is 1. The summed E-state index contributed by atoms with van der Waals surface area (Å²) >= 11 is 0. The molecule has 7 nitrogen and oxygen atoms in total. The van der Waals surface area contributed by atoms with Gasteiger partial charge in [0.2, 0.25) is 0 Å². The first kappa shape index (κ1) is 26.8. The molecule has 0 bridgehead atoms. The molecule has 2 aliphatic heterocycles. The Morgan fingerprint density at radius 1 is 1.15 bits per heavy atom. The standard InChI is InChI=1S/C29H29F3N4O3/c1-3-36-25(16-37)22-8-11-39-10-7-21(22)24-12-19(15-34-27(24)36)23-14-20(5-4-17(23)2)35-28(38)18-6-9-33-26(13-18)29(30,31)32/h4-6,9,12-16,21-22,25H,3,7-8,10-11H2,1-2H3,(H,35,38)/t21?,22?,25-/m0/s1. The van der Waals surface area contributed by atoms with E-state index in [2.05, 4.69) is 21.3 Å². The van der Waals surface area contributed by atoms with Gasteiger partial charge in [0.05, 0.1) is 6.04 Å². The first-order chi connectivity index (χ1) is 18.7. The Kier molecular flexibility index (Phi) is 7.40.